The Labute approximate surface area is 157 Å². The number of morpholine rings is 1. The average molecular weight is 394 g/mol. The van der Waals surface area contributed by atoms with Gasteiger partial charge in [0, 0.05) is 25.1 Å². The van der Waals surface area contributed by atoms with Crippen molar-refractivity contribution >= 4 is 21.6 Å². The molecule has 2 atom stereocenters. The molecule has 1 saturated heterocycles. The number of nitrogens with zero attached hydrogens (tertiary/aromatic N) is 3. The van der Waals surface area contributed by atoms with Gasteiger partial charge in [0.2, 0.25) is 15.9 Å². The summed E-state index contributed by atoms with van der Waals surface area (Å²) in [7, 11) is -1.52. The number of amides is 1. The van der Waals surface area contributed by atoms with Crippen molar-refractivity contribution in [3.63, 3.8) is 0 Å². The Morgan fingerprint density at radius 2 is 2.04 bits per heavy atom. The number of anilines is 1. The van der Waals surface area contributed by atoms with Crippen molar-refractivity contribution in [1.82, 2.24) is 14.5 Å². The van der Waals surface area contributed by atoms with E-state index in [2.05, 4.69) is 9.71 Å². The number of aromatic nitrogens is 2. The standard InChI is InChI=1S/C17H22N4O5S/c1-20-8-7-18-15(20)9-21-14(10-22)17(26-11-16(21)23)12-3-5-13(6-4-12)19-27(2,24)25/h3-8,14,17,19,22H,9-11H2,1-2H3. The van der Waals surface area contributed by atoms with Crippen LogP contribution in [-0.4, -0.2) is 59.4 Å². The molecule has 0 saturated carbocycles. The summed E-state index contributed by atoms with van der Waals surface area (Å²) in [4.78, 5) is 18.2. The maximum Gasteiger partial charge on any atom is 0.249 e. The number of aliphatic hydroxyl groups excluding tert-OH is 1. The average Bonchev–Trinajstić information content (AvgIpc) is 3.01. The van der Waals surface area contributed by atoms with Crippen LogP contribution >= 0.6 is 0 Å². The van der Waals surface area contributed by atoms with E-state index >= 15 is 0 Å². The third-order valence-electron chi connectivity index (χ3n) is 4.42. The molecule has 2 unspecified atom stereocenters. The Kier molecular flexibility index (Phi) is 5.49. The lowest BCUT2D eigenvalue weighted by Crippen LogP contribution is -2.52. The molecule has 3 rings (SSSR count). The van der Waals surface area contributed by atoms with E-state index in [1.54, 1.807) is 41.6 Å². The largest absolute Gasteiger partial charge is 0.394 e. The number of hydrogen-bond donors (Lipinski definition) is 2. The van der Waals surface area contributed by atoms with Crippen LogP contribution in [-0.2, 0) is 33.1 Å². The highest BCUT2D eigenvalue weighted by Crippen LogP contribution is 2.30. The Bertz CT molecular complexity index is 910. The van der Waals surface area contributed by atoms with Gasteiger partial charge in [0.1, 0.15) is 18.5 Å². The molecule has 0 bridgehead atoms. The van der Waals surface area contributed by atoms with Gasteiger partial charge in [-0.15, -0.1) is 0 Å². The highest BCUT2D eigenvalue weighted by atomic mass is 32.2. The van der Waals surface area contributed by atoms with Gasteiger partial charge >= 0.3 is 0 Å². The van der Waals surface area contributed by atoms with Crippen LogP contribution in [0.1, 0.15) is 17.5 Å². The molecule has 0 spiro atoms. The quantitative estimate of drug-likeness (QED) is 0.726. The van der Waals surface area contributed by atoms with Crippen molar-refractivity contribution < 1.29 is 23.1 Å². The van der Waals surface area contributed by atoms with Gasteiger partial charge in [0.05, 0.1) is 25.4 Å². The van der Waals surface area contributed by atoms with E-state index < -0.39 is 22.2 Å². The Morgan fingerprint density at radius 3 is 2.59 bits per heavy atom. The van der Waals surface area contributed by atoms with Crippen molar-refractivity contribution in [2.45, 2.75) is 18.7 Å². The van der Waals surface area contributed by atoms with Gasteiger partial charge < -0.3 is 19.3 Å². The fraction of sp³-hybridized carbons (Fsp3) is 0.412. The number of hydrogen-bond acceptors (Lipinski definition) is 6. The summed E-state index contributed by atoms with van der Waals surface area (Å²) in [5.41, 5.74) is 1.17. The number of imidazole rings is 1. The van der Waals surface area contributed by atoms with Gasteiger partial charge in [0.15, 0.2) is 0 Å². The molecule has 2 heterocycles. The van der Waals surface area contributed by atoms with Crippen LogP contribution in [0.2, 0.25) is 0 Å². The number of benzene rings is 1. The number of carbonyl (C=O) groups is 1. The zero-order valence-corrected chi connectivity index (χ0v) is 15.9. The van der Waals surface area contributed by atoms with Crippen molar-refractivity contribution in [2.24, 2.45) is 7.05 Å². The summed E-state index contributed by atoms with van der Waals surface area (Å²) in [5.74, 6) is 0.485. The van der Waals surface area contributed by atoms with Gasteiger partial charge in [0.25, 0.3) is 0 Å². The zero-order valence-electron chi connectivity index (χ0n) is 15.1. The number of rotatable bonds is 6. The van der Waals surface area contributed by atoms with Crippen LogP contribution in [0.15, 0.2) is 36.7 Å². The fourth-order valence-electron chi connectivity index (χ4n) is 3.08. The minimum atomic E-state index is -3.36. The number of carbonyl (C=O) groups excluding carboxylic acids is 1. The number of sulfonamides is 1. The summed E-state index contributed by atoms with van der Waals surface area (Å²) < 4.78 is 32.5. The molecule has 1 aliphatic rings. The molecule has 0 radical (unpaired) electrons. The highest BCUT2D eigenvalue weighted by Gasteiger charge is 2.37. The molecule has 1 fully saturated rings. The first-order valence-corrected chi connectivity index (χ1v) is 10.2. The monoisotopic (exact) mass is 394 g/mol. The normalized spacial score (nSPS) is 20.7. The molecule has 27 heavy (non-hydrogen) atoms. The maximum absolute atomic E-state index is 12.4. The second-order valence-electron chi connectivity index (χ2n) is 6.45. The van der Waals surface area contributed by atoms with Gasteiger partial charge in [-0.3, -0.25) is 9.52 Å². The Balaban J connectivity index is 1.82. The Morgan fingerprint density at radius 1 is 1.33 bits per heavy atom. The van der Waals surface area contributed by atoms with Gasteiger partial charge in [-0.25, -0.2) is 13.4 Å². The van der Waals surface area contributed by atoms with Crippen LogP contribution < -0.4 is 4.72 Å². The molecule has 1 aromatic carbocycles. The summed E-state index contributed by atoms with van der Waals surface area (Å²) in [6.07, 6.45) is 3.99. The van der Waals surface area contributed by atoms with Gasteiger partial charge in [-0.2, -0.15) is 0 Å². The number of aliphatic hydroxyl groups is 1. The first-order valence-electron chi connectivity index (χ1n) is 8.34. The lowest BCUT2D eigenvalue weighted by molar-refractivity contribution is -0.162. The van der Waals surface area contributed by atoms with E-state index in [4.69, 9.17) is 4.74 Å². The highest BCUT2D eigenvalue weighted by molar-refractivity contribution is 7.92. The maximum atomic E-state index is 12.4. The second kappa shape index (κ2) is 7.67. The molecular weight excluding hydrogens is 372 g/mol. The van der Waals surface area contributed by atoms with Crippen LogP contribution in [0.3, 0.4) is 0 Å². The minimum Gasteiger partial charge on any atom is -0.394 e. The third-order valence-corrected chi connectivity index (χ3v) is 5.03. The molecule has 2 N–H and O–H groups in total. The second-order valence-corrected chi connectivity index (χ2v) is 8.20. The molecule has 146 valence electrons. The molecule has 9 nitrogen and oxygen atoms in total. The Hall–Kier alpha value is -2.43. The van der Waals surface area contributed by atoms with E-state index in [1.807, 2.05) is 11.6 Å². The lowest BCUT2D eigenvalue weighted by atomic mass is 9.99. The van der Waals surface area contributed by atoms with Crippen LogP contribution in [0.5, 0.6) is 0 Å². The predicted molar refractivity (Wildman–Crippen MR) is 98.2 cm³/mol. The van der Waals surface area contributed by atoms with Gasteiger partial charge in [-0.1, -0.05) is 12.1 Å². The minimum absolute atomic E-state index is 0.102. The molecule has 2 aromatic rings. The number of ether oxygens (including phenoxy) is 1. The SMILES string of the molecule is Cn1ccnc1CN1C(=O)COC(c2ccc(NS(C)(=O)=O)cc2)C1CO. The van der Waals surface area contributed by atoms with Crippen LogP contribution in [0, 0.1) is 0 Å². The van der Waals surface area contributed by atoms with Crippen molar-refractivity contribution in [3.8, 4) is 0 Å². The summed E-state index contributed by atoms with van der Waals surface area (Å²) in [6.45, 7) is -0.111. The topological polar surface area (TPSA) is 114 Å². The fourth-order valence-corrected chi connectivity index (χ4v) is 3.64. The molecule has 0 aliphatic carbocycles. The molecule has 1 amide bonds. The van der Waals surface area contributed by atoms with Crippen LogP contribution in [0.25, 0.3) is 0 Å². The van der Waals surface area contributed by atoms with Gasteiger partial charge in [-0.05, 0) is 17.7 Å². The molecule has 1 aromatic heterocycles. The van der Waals surface area contributed by atoms with Crippen molar-refractivity contribution in [3.05, 3.63) is 48.0 Å². The summed E-state index contributed by atoms with van der Waals surface area (Å²) in [6, 6.07) is 6.10. The number of aryl methyl sites for hydroxylation is 1. The van der Waals surface area contributed by atoms with Crippen molar-refractivity contribution in [2.75, 3.05) is 24.2 Å². The van der Waals surface area contributed by atoms with Crippen LogP contribution in [0.4, 0.5) is 5.69 Å². The smallest absolute Gasteiger partial charge is 0.249 e. The zero-order chi connectivity index (χ0) is 19.6. The van der Waals surface area contributed by atoms with E-state index in [9.17, 15) is 18.3 Å². The summed E-state index contributed by atoms with van der Waals surface area (Å²) >= 11 is 0. The molecule has 1 aliphatic heterocycles. The van der Waals surface area contributed by atoms with E-state index in [-0.39, 0.29) is 25.7 Å². The summed E-state index contributed by atoms with van der Waals surface area (Å²) in [5, 5.41) is 9.92. The molecule has 10 heteroatoms. The first-order chi connectivity index (χ1) is 12.8. The van der Waals surface area contributed by atoms with E-state index in [0.29, 0.717) is 11.5 Å². The van der Waals surface area contributed by atoms with E-state index in [1.165, 1.54) is 0 Å². The molecular formula is C17H22N4O5S. The first kappa shape index (κ1) is 19.3. The van der Waals surface area contributed by atoms with E-state index in [0.717, 1.165) is 11.8 Å². The predicted octanol–water partition coefficient (Wildman–Crippen LogP) is 0.253. The van der Waals surface area contributed by atoms with Crippen molar-refractivity contribution in [1.29, 1.82) is 0 Å². The third kappa shape index (κ3) is 4.46. The lowest BCUT2D eigenvalue weighted by Gasteiger charge is -2.40. The number of nitrogens with one attached hydrogen (secondary N) is 1.